The first-order valence-electron chi connectivity index (χ1n) is 6.19. The molecule has 1 aliphatic rings. The molecule has 1 aliphatic heterocycles. The van der Waals surface area contributed by atoms with Crippen LogP contribution in [0.1, 0.15) is 31.7 Å². The molecule has 2 unspecified atom stereocenters. The van der Waals surface area contributed by atoms with Gasteiger partial charge < -0.3 is 9.84 Å². The molecule has 94 valence electrons. The van der Waals surface area contributed by atoms with E-state index in [-0.39, 0.29) is 6.04 Å². The Kier molecular flexibility index (Phi) is 3.02. The number of piperidine rings is 1. The molecule has 3 rings (SSSR count). The summed E-state index contributed by atoms with van der Waals surface area (Å²) in [5.41, 5.74) is 0. The zero-order valence-corrected chi connectivity index (χ0v) is 10.2. The highest BCUT2D eigenvalue weighted by Gasteiger charge is 2.27. The van der Waals surface area contributed by atoms with Gasteiger partial charge in [-0.15, -0.1) is 0 Å². The van der Waals surface area contributed by atoms with Gasteiger partial charge in [-0.3, -0.25) is 0 Å². The highest BCUT2D eigenvalue weighted by Crippen LogP contribution is 2.28. The van der Waals surface area contributed by atoms with Gasteiger partial charge in [-0.1, -0.05) is 12.1 Å². The highest BCUT2D eigenvalue weighted by atomic mass is 16.5. The molecular weight excluding hydrogens is 230 g/mol. The van der Waals surface area contributed by atoms with E-state index in [9.17, 15) is 0 Å². The topological polar surface area (TPSA) is 76.7 Å². The highest BCUT2D eigenvalue weighted by molar-refractivity contribution is 5.40. The summed E-state index contributed by atoms with van der Waals surface area (Å²) in [6, 6.07) is 1.90. The lowest BCUT2D eigenvalue weighted by Crippen LogP contribution is -2.33. The molecule has 2 aromatic heterocycles. The fourth-order valence-electron chi connectivity index (χ4n) is 2.25. The maximum absolute atomic E-state index is 5.33. The van der Waals surface area contributed by atoms with Crippen molar-refractivity contribution in [3.05, 3.63) is 24.4 Å². The van der Waals surface area contributed by atoms with Crippen LogP contribution in [0, 0.1) is 5.92 Å². The largest absolute Gasteiger partial charge is 0.337 e. The molecule has 0 radical (unpaired) electrons. The molecule has 0 bridgehead atoms. The molecule has 1 N–H and O–H groups in total. The predicted octanol–water partition coefficient (Wildman–Crippen LogP) is 1.59. The molecule has 6 nitrogen and oxygen atoms in total. The number of rotatable bonds is 2. The van der Waals surface area contributed by atoms with E-state index in [1.807, 2.05) is 0 Å². The van der Waals surface area contributed by atoms with Crippen molar-refractivity contribution in [2.45, 2.75) is 25.8 Å². The van der Waals surface area contributed by atoms with Crippen LogP contribution in [-0.2, 0) is 0 Å². The number of nitrogens with one attached hydrogen (secondary N) is 1. The van der Waals surface area contributed by atoms with Gasteiger partial charge in [0, 0.05) is 12.4 Å². The van der Waals surface area contributed by atoms with Gasteiger partial charge in [0.05, 0.1) is 6.04 Å². The molecule has 1 saturated heterocycles. The minimum atomic E-state index is 0.142. The molecule has 2 atom stereocenters. The Morgan fingerprint density at radius 2 is 2.11 bits per heavy atom. The summed E-state index contributed by atoms with van der Waals surface area (Å²) < 4.78 is 5.33. The Bertz CT molecular complexity index is 512. The fourth-order valence-corrected chi connectivity index (χ4v) is 2.25. The van der Waals surface area contributed by atoms with Crippen LogP contribution in [0.5, 0.6) is 0 Å². The third kappa shape index (κ3) is 2.11. The van der Waals surface area contributed by atoms with Crippen molar-refractivity contribution in [3.8, 4) is 11.6 Å². The first-order valence-corrected chi connectivity index (χ1v) is 6.19. The molecule has 3 heterocycles. The Hall–Kier alpha value is -1.82. The molecular formula is C12H15N5O. The lowest BCUT2D eigenvalue weighted by Gasteiger charge is -2.26. The second kappa shape index (κ2) is 4.81. The molecule has 1 fully saturated rings. The van der Waals surface area contributed by atoms with Crippen molar-refractivity contribution < 1.29 is 4.52 Å². The molecule has 0 aliphatic carbocycles. The van der Waals surface area contributed by atoms with E-state index >= 15 is 0 Å². The lowest BCUT2D eigenvalue weighted by molar-refractivity contribution is 0.239. The van der Waals surface area contributed by atoms with Gasteiger partial charge in [0.15, 0.2) is 0 Å². The van der Waals surface area contributed by atoms with Gasteiger partial charge in [0.1, 0.15) is 0 Å². The summed E-state index contributed by atoms with van der Waals surface area (Å²) in [5.74, 6) is 2.08. The van der Waals surface area contributed by atoms with Crippen molar-refractivity contribution >= 4 is 0 Å². The average Bonchev–Trinajstić information content (AvgIpc) is 2.90. The minimum Gasteiger partial charge on any atom is -0.337 e. The summed E-state index contributed by atoms with van der Waals surface area (Å²) >= 11 is 0. The number of nitrogens with zero attached hydrogens (tertiary/aromatic N) is 4. The van der Waals surface area contributed by atoms with Crippen LogP contribution < -0.4 is 5.32 Å². The first-order chi connectivity index (χ1) is 8.84. The standard InChI is InChI=1S/C12H15N5O/c1-8-4-2-5-13-9(8)12-16-11(17-18-12)10-14-6-3-7-15-10/h3,6-9,13H,2,4-5H2,1H3. The molecule has 0 spiro atoms. The maximum Gasteiger partial charge on any atom is 0.244 e. The van der Waals surface area contributed by atoms with E-state index in [0.717, 1.165) is 6.54 Å². The molecule has 0 aromatic carbocycles. The van der Waals surface area contributed by atoms with Crippen LogP contribution in [0.2, 0.25) is 0 Å². The van der Waals surface area contributed by atoms with Crippen LogP contribution in [0.3, 0.4) is 0 Å². The summed E-state index contributed by atoms with van der Waals surface area (Å²) in [5, 5.41) is 7.36. The second-order valence-electron chi connectivity index (χ2n) is 4.58. The summed E-state index contributed by atoms with van der Waals surface area (Å²) in [4.78, 5) is 12.6. The molecule has 18 heavy (non-hydrogen) atoms. The van der Waals surface area contributed by atoms with E-state index in [0.29, 0.717) is 23.5 Å². The summed E-state index contributed by atoms with van der Waals surface area (Å²) in [7, 11) is 0. The third-order valence-electron chi connectivity index (χ3n) is 3.24. The monoisotopic (exact) mass is 245 g/mol. The SMILES string of the molecule is CC1CCCNC1c1nc(-c2ncccn2)no1. The molecule has 0 saturated carbocycles. The Labute approximate surface area is 105 Å². The molecule has 6 heteroatoms. The van der Waals surface area contributed by atoms with Crippen molar-refractivity contribution in [1.82, 2.24) is 25.4 Å². The van der Waals surface area contributed by atoms with Crippen LogP contribution in [0.25, 0.3) is 11.6 Å². The predicted molar refractivity (Wildman–Crippen MR) is 64.5 cm³/mol. The van der Waals surface area contributed by atoms with E-state index < -0.39 is 0 Å². The van der Waals surface area contributed by atoms with Crippen LogP contribution in [-0.4, -0.2) is 26.7 Å². The van der Waals surface area contributed by atoms with Crippen molar-refractivity contribution in [3.63, 3.8) is 0 Å². The van der Waals surface area contributed by atoms with E-state index in [4.69, 9.17) is 4.52 Å². The summed E-state index contributed by atoms with van der Waals surface area (Å²) in [6.07, 6.45) is 5.71. The number of hydrogen-bond acceptors (Lipinski definition) is 6. The van der Waals surface area contributed by atoms with Gasteiger partial charge in [-0.2, -0.15) is 4.98 Å². The Morgan fingerprint density at radius 1 is 1.28 bits per heavy atom. The van der Waals surface area contributed by atoms with E-state index in [1.54, 1.807) is 18.5 Å². The van der Waals surface area contributed by atoms with E-state index in [1.165, 1.54) is 12.8 Å². The van der Waals surface area contributed by atoms with Gasteiger partial charge >= 0.3 is 0 Å². The van der Waals surface area contributed by atoms with Crippen molar-refractivity contribution in [2.75, 3.05) is 6.54 Å². The molecule has 2 aromatic rings. The summed E-state index contributed by atoms with van der Waals surface area (Å²) in [6.45, 7) is 3.19. The van der Waals surface area contributed by atoms with Gasteiger partial charge in [-0.25, -0.2) is 9.97 Å². The second-order valence-corrected chi connectivity index (χ2v) is 4.58. The van der Waals surface area contributed by atoms with Crippen LogP contribution >= 0.6 is 0 Å². The normalized spacial score (nSPS) is 24.1. The first kappa shape index (κ1) is 11.3. The van der Waals surface area contributed by atoms with Crippen LogP contribution in [0.4, 0.5) is 0 Å². The van der Waals surface area contributed by atoms with E-state index in [2.05, 4.69) is 32.3 Å². The quantitative estimate of drug-likeness (QED) is 0.865. The van der Waals surface area contributed by atoms with Crippen molar-refractivity contribution in [2.24, 2.45) is 5.92 Å². The van der Waals surface area contributed by atoms with Gasteiger partial charge in [0.2, 0.25) is 17.5 Å². The fraction of sp³-hybridized carbons (Fsp3) is 0.500. The third-order valence-corrected chi connectivity index (χ3v) is 3.24. The Morgan fingerprint density at radius 3 is 2.89 bits per heavy atom. The maximum atomic E-state index is 5.33. The van der Waals surface area contributed by atoms with Gasteiger partial charge in [0.25, 0.3) is 0 Å². The lowest BCUT2D eigenvalue weighted by atomic mass is 9.93. The van der Waals surface area contributed by atoms with Crippen molar-refractivity contribution in [1.29, 1.82) is 0 Å². The Balaban J connectivity index is 1.85. The number of aromatic nitrogens is 4. The van der Waals surface area contributed by atoms with Gasteiger partial charge in [-0.05, 0) is 31.4 Å². The average molecular weight is 245 g/mol. The zero-order valence-electron chi connectivity index (χ0n) is 10.2. The zero-order chi connectivity index (χ0) is 12.4. The minimum absolute atomic E-state index is 0.142. The number of hydrogen-bond donors (Lipinski definition) is 1. The van der Waals surface area contributed by atoms with Crippen LogP contribution in [0.15, 0.2) is 23.0 Å². The molecule has 0 amide bonds. The smallest absolute Gasteiger partial charge is 0.244 e.